The number of rotatable bonds is 6. The van der Waals surface area contributed by atoms with E-state index in [1.807, 2.05) is 19.1 Å². The lowest BCUT2D eigenvalue weighted by molar-refractivity contribution is -0.140. The first-order valence-corrected chi connectivity index (χ1v) is 5.61. The van der Waals surface area contributed by atoms with Crippen LogP contribution in [0.3, 0.4) is 0 Å². The summed E-state index contributed by atoms with van der Waals surface area (Å²) in [5, 5.41) is 3.08. The van der Waals surface area contributed by atoms with Gasteiger partial charge in [-0.3, -0.25) is 9.59 Å². The predicted octanol–water partition coefficient (Wildman–Crippen LogP) is 2.25. The molecule has 0 saturated carbocycles. The Morgan fingerprint density at radius 2 is 1.88 bits per heavy atom. The Balaban J connectivity index is 2.46. The maximum Gasteiger partial charge on any atom is 0.307 e. The molecule has 0 fully saturated rings. The van der Waals surface area contributed by atoms with E-state index in [0.29, 0.717) is 24.9 Å². The van der Waals surface area contributed by atoms with Gasteiger partial charge in [0.2, 0.25) is 0 Å². The van der Waals surface area contributed by atoms with E-state index in [2.05, 4.69) is 10.1 Å². The molecule has 1 N–H and O–H groups in total. The van der Waals surface area contributed by atoms with Crippen LogP contribution in [0, 0.1) is 0 Å². The van der Waals surface area contributed by atoms with Gasteiger partial charge in [0.25, 0.3) is 0 Å². The number of hydrogen-bond acceptors (Lipinski definition) is 4. The Morgan fingerprint density at radius 1 is 1.24 bits per heavy atom. The van der Waals surface area contributed by atoms with Gasteiger partial charge >= 0.3 is 5.97 Å². The summed E-state index contributed by atoms with van der Waals surface area (Å²) >= 11 is 0. The fourth-order valence-electron chi connectivity index (χ4n) is 1.39. The van der Waals surface area contributed by atoms with Crippen molar-refractivity contribution in [3.05, 3.63) is 29.8 Å². The highest BCUT2D eigenvalue weighted by Gasteiger charge is 2.03. The summed E-state index contributed by atoms with van der Waals surface area (Å²) in [6.07, 6.45) is 0.835. The molecule has 1 aromatic rings. The van der Waals surface area contributed by atoms with E-state index in [-0.39, 0.29) is 11.8 Å². The van der Waals surface area contributed by atoms with Crippen LogP contribution in [0.5, 0.6) is 0 Å². The van der Waals surface area contributed by atoms with Gasteiger partial charge in [-0.05, 0) is 24.3 Å². The van der Waals surface area contributed by atoms with E-state index in [9.17, 15) is 9.59 Å². The third-order valence-corrected chi connectivity index (χ3v) is 2.41. The molecule has 92 valence electrons. The Morgan fingerprint density at radius 3 is 2.41 bits per heavy atom. The van der Waals surface area contributed by atoms with Gasteiger partial charge in [0.05, 0.1) is 13.5 Å². The number of benzene rings is 1. The van der Waals surface area contributed by atoms with Gasteiger partial charge in [0.15, 0.2) is 5.78 Å². The SMILES string of the molecule is CCC(=O)c1ccc(NCCC(=O)OC)cc1. The van der Waals surface area contributed by atoms with E-state index < -0.39 is 0 Å². The minimum Gasteiger partial charge on any atom is -0.469 e. The molecular formula is C13H17NO3. The van der Waals surface area contributed by atoms with Gasteiger partial charge in [-0.2, -0.15) is 0 Å². The highest BCUT2D eigenvalue weighted by molar-refractivity contribution is 5.96. The van der Waals surface area contributed by atoms with Crippen LogP contribution in [-0.2, 0) is 9.53 Å². The average Bonchev–Trinajstić information content (AvgIpc) is 2.38. The molecule has 0 unspecified atom stereocenters. The second kappa shape index (κ2) is 6.68. The molecule has 0 heterocycles. The third-order valence-electron chi connectivity index (χ3n) is 2.41. The fraction of sp³-hybridized carbons (Fsp3) is 0.385. The van der Waals surface area contributed by atoms with Gasteiger partial charge in [0, 0.05) is 24.2 Å². The van der Waals surface area contributed by atoms with Crippen LogP contribution in [-0.4, -0.2) is 25.4 Å². The van der Waals surface area contributed by atoms with Gasteiger partial charge in [-0.15, -0.1) is 0 Å². The number of ether oxygens (including phenoxy) is 1. The van der Waals surface area contributed by atoms with Crippen molar-refractivity contribution in [2.24, 2.45) is 0 Å². The molecule has 0 spiro atoms. The number of methoxy groups -OCH3 is 1. The molecule has 0 aliphatic carbocycles. The van der Waals surface area contributed by atoms with Crippen molar-refractivity contribution >= 4 is 17.4 Å². The van der Waals surface area contributed by atoms with Crippen LogP contribution < -0.4 is 5.32 Å². The molecule has 0 bridgehead atoms. The van der Waals surface area contributed by atoms with Crippen molar-refractivity contribution in [3.8, 4) is 0 Å². The summed E-state index contributed by atoms with van der Waals surface area (Å²) in [6.45, 7) is 2.36. The molecular weight excluding hydrogens is 218 g/mol. The number of anilines is 1. The minimum absolute atomic E-state index is 0.131. The molecule has 1 rings (SSSR count). The number of esters is 1. The zero-order valence-corrected chi connectivity index (χ0v) is 10.2. The first kappa shape index (κ1) is 13.2. The Kier molecular flexibility index (Phi) is 5.20. The van der Waals surface area contributed by atoms with Crippen molar-refractivity contribution < 1.29 is 14.3 Å². The Hall–Kier alpha value is -1.84. The second-order valence-electron chi connectivity index (χ2n) is 3.61. The van der Waals surface area contributed by atoms with Crippen molar-refractivity contribution in [1.82, 2.24) is 0 Å². The number of carbonyl (C=O) groups excluding carboxylic acids is 2. The number of hydrogen-bond donors (Lipinski definition) is 1. The smallest absolute Gasteiger partial charge is 0.307 e. The summed E-state index contributed by atoms with van der Waals surface area (Å²) in [5.74, 6) is -0.110. The molecule has 0 atom stereocenters. The van der Waals surface area contributed by atoms with Gasteiger partial charge in [0.1, 0.15) is 0 Å². The molecule has 0 radical (unpaired) electrons. The molecule has 0 saturated heterocycles. The van der Waals surface area contributed by atoms with Gasteiger partial charge in [-0.1, -0.05) is 6.92 Å². The van der Waals surface area contributed by atoms with E-state index in [4.69, 9.17) is 0 Å². The second-order valence-corrected chi connectivity index (χ2v) is 3.61. The Bertz CT molecular complexity index is 384. The summed E-state index contributed by atoms with van der Waals surface area (Å²) < 4.78 is 4.53. The lowest BCUT2D eigenvalue weighted by Crippen LogP contribution is -2.09. The fourth-order valence-corrected chi connectivity index (χ4v) is 1.39. The van der Waals surface area contributed by atoms with Crippen LogP contribution in [0.25, 0.3) is 0 Å². The van der Waals surface area contributed by atoms with E-state index in [0.717, 1.165) is 5.69 Å². The molecule has 0 aromatic heterocycles. The van der Waals surface area contributed by atoms with Crippen LogP contribution in [0.15, 0.2) is 24.3 Å². The van der Waals surface area contributed by atoms with Gasteiger partial charge in [-0.25, -0.2) is 0 Å². The standard InChI is InChI=1S/C13H17NO3/c1-3-12(15)10-4-6-11(7-5-10)14-9-8-13(16)17-2/h4-7,14H,3,8-9H2,1-2H3. The highest BCUT2D eigenvalue weighted by Crippen LogP contribution is 2.11. The van der Waals surface area contributed by atoms with E-state index in [1.54, 1.807) is 12.1 Å². The highest BCUT2D eigenvalue weighted by atomic mass is 16.5. The lowest BCUT2D eigenvalue weighted by atomic mass is 10.1. The monoisotopic (exact) mass is 235 g/mol. The van der Waals surface area contributed by atoms with Gasteiger partial charge < -0.3 is 10.1 Å². The molecule has 0 amide bonds. The summed E-state index contributed by atoms with van der Waals surface area (Å²) in [4.78, 5) is 22.3. The lowest BCUT2D eigenvalue weighted by Gasteiger charge is -2.06. The number of carbonyl (C=O) groups is 2. The third kappa shape index (κ3) is 4.26. The molecule has 4 heteroatoms. The first-order chi connectivity index (χ1) is 8.17. The predicted molar refractivity (Wildman–Crippen MR) is 66.2 cm³/mol. The number of nitrogens with one attached hydrogen (secondary N) is 1. The van der Waals surface area contributed by atoms with Crippen LogP contribution in [0.4, 0.5) is 5.69 Å². The van der Waals surface area contributed by atoms with Crippen LogP contribution in [0.2, 0.25) is 0 Å². The van der Waals surface area contributed by atoms with Crippen molar-refractivity contribution in [3.63, 3.8) is 0 Å². The maximum atomic E-state index is 11.4. The molecule has 0 aliphatic heterocycles. The van der Waals surface area contributed by atoms with E-state index in [1.165, 1.54) is 7.11 Å². The van der Waals surface area contributed by atoms with Crippen molar-refractivity contribution in [1.29, 1.82) is 0 Å². The molecule has 0 aliphatic rings. The van der Waals surface area contributed by atoms with Crippen LogP contribution in [0.1, 0.15) is 30.1 Å². The quantitative estimate of drug-likeness (QED) is 0.607. The number of Topliss-reactive ketones (excluding diaryl/α,β-unsaturated/α-hetero) is 1. The number of ketones is 1. The molecule has 17 heavy (non-hydrogen) atoms. The maximum absolute atomic E-state index is 11.4. The topological polar surface area (TPSA) is 55.4 Å². The summed E-state index contributed by atoms with van der Waals surface area (Å²) in [5.41, 5.74) is 1.60. The Labute approximate surface area is 101 Å². The first-order valence-electron chi connectivity index (χ1n) is 5.61. The average molecular weight is 235 g/mol. The van der Waals surface area contributed by atoms with Crippen LogP contribution >= 0.6 is 0 Å². The van der Waals surface area contributed by atoms with E-state index >= 15 is 0 Å². The molecule has 4 nitrogen and oxygen atoms in total. The summed E-state index contributed by atoms with van der Waals surface area (Å²) in [6, 6.07) is 7.24. The zero-order valence-electron chi connectivity index (χ0n) is 10.2. The largest absolute Gasteiger partial charge is 0.469 e. The normalized spacial score (nSPS) is 9.76. The minimum atomic E-state index is -0.240. The summed E-state index contributed by atoms with van der Waals surface area (Å²) in [7, 11) is 1.37. The molecule has 1 aromatic carbocycles. The van der Waals surface area contributed by atoms with Crippen molar-refractivity contribution in [2.45, 2.75) is 19.8 Å². The van der Waals surface area contributed by atoms with Crippen molar-refractivity contribution in [2.75, 3.05) is 19.0 Å². The zero-order chi connectivity index (χ0) is 12.7.